The summed E-state index contributed by atoms with van der Waals surface area (Å²) < 4.78 is 0. The number of para-hydroxylation sites is 1. The number of amides is 3. The summed E-state index contributed by atoms with van der Waals surface area (Å²) in [5.74, 6) is -0.955. The van der Waals surface area contributed by atoms with E-state index in [-0.39, 0.29) is 35.5 Å². The first-order chi connectivity index (χ1) is 12.1. The third-order valence-corrected chi connectivity index (χ3v) is 5.99. The van der Waals surface area contributed by atoms with Crippen molar-refractivity contribution in [3.8, 4) is 0 Å². The lowest BCUT2D eigenvalue weighted by Gasteiger charge is -2.33. The number of nitrogens with zero attached hydrogens (tertiary/aromatic N) is 1. The third kappa shape index (κ3) is 2.86. The smallest absolute Gasteiger partial charge is 0.238 e. The SMILES string of the molecule is C[C@@H]1CC[C@H](C(=O)NCC2CC2)[C@@H]2C(=O)N(c3ccccc3)C(=O)[C@H]21. The van der Waals surface area contributed by atoms with Crippen molar-refractivity contribution < 1.29 is 14.4 Å². The van der Waals surface area contributed by atoms with Gasteiger partial charge < -0.3 is 5.32 Å². The molecule has 0 spiro atoms. The molecule has 4 rings (SSSR count). The number of hydrogen-bond acceptors (Lipinski definition) is 3. The van der Waals surface area contributed by atoms with E-state index in [4.69, 9.17) is 0 Å². The summed E-state index contributed by atoms with van der Waals surface area (Å²) in [4.78, 5) is 40.1. The van der Waals surface area contributed by atoms with E-state index in [0.29, 0.717) is 24.6 Å². The minimum atomic E-state index is -0.518. The molecule has 3 fully saturated rings. The highest BCUT2D eigenvalue weighted by Gasteiger charge is 2.56. The number of rotatable bonds is 4. The van der Waals surface area contributed by atoms with Crippen LogP contribution in [0.2, 0.25) is 0 Å². The second-order valence-corrected chi connectivity index (χ2v) is 7.75. The Labute approximate surface area is 147 Å². The largest absolute Gasteiger partial charge is 0.356 e. The maximum atomic E-state index is 13.1. The molecular weight excluding hydrogens is 316 g/mol. The third-order valence-electron chi connectivity index (χ3n) is 5.99. The minimum absolute atomic E-state index is 0.0511. The zero-order chi connectivity index (χ0) is 17.6. The van der Waals surface area contributed by atoms with Crippen LogP contribution >= 0.6 is 0 Å². The van der Waals surface area contributed by atoms with Gasteiger partial charge in [-0.05, 0) is 49.7 Å². The summed E-state index contributed by atoms with van der Waals surface area (Å²) in [7, 11) is 0. The van der Waals surface area contributed by atoms with Crippen molar-refractivity contribution in [2.45, 2.75) is 32.6 Å². The van der Waals surface area contributed by atoms with Gasteiger partial charge in [0.2, 0.25) is 17.7 Å². The second-order valence-electron chi connectivity index (χ2n) is 7.75. The van der Waals surface area contributed by atoms with E-state index >= 15 is 0 Å². The van der Waals surface area contributed by atoms with E-state index in [9.17, 15) is 14.4 Å². The Hall–Kier alpha value is -2.17. The van der Waals surface area contributed by atoms with E-state index in [1.165, 1.54) is 17.7 Å². The van der Waals surface area contributed by atoms with Crippen molar-refractivity contribution in [3.05, 3.63) is 30.3 Å². The standard InChI is InChI=1S/C20H24N2O3/c1-12-7-10-15(18(23)21-11-13-8-9-13)17-16(12)19(24)22(20(17)25)14-5-3-2-4-6-14/h2-6,12-13,15-17H,7-11H2,1H3,(H,21,23)/t12-,15+,16+,17+/m1/s1. The molecule has 3 amide bonds. The summed E-state index contributed by atoms with van der Waals surface area (Å²) in [5.41, 5.74) is 0.608. The quantitative estimate of drug-likeness (QED) is 0.856. The number of imide groups is 1. The van der Waals surface area contributed by atoms with Crippen LogP contribution in [0.4, 0.5) is 5.69 Å². The highest BCUT2D eigenvalue weighted by molar-refractivity contribution is 6.23. The number of fused-ring (bicyclic) bond motifs is 1. The number of benzene rings is 1. The molecule has 1 saturated heterocycles. The van der Waals surface area contributed by atoms with Gasteiger partial charge in [-0.25, -0.2) is 0 Å². The summed E-state index contributed by atoms with van der Waals surface area (Å²) >= 11 is 0. The zero-order valence-electron chi connectivity index (χ0n) is 14.5. The second kappa shape index (κ2) is 6.28. The fraction of sp³-hybridized carbons (Fsp3) is 0.550. The van der Waals surface area contributed by atoms with Gasteiger partial charge in [-0.15, -0.1) is 0 Å². The highest BCUT2D eigenvalue weighted by atomic mass is 16.2. The molecule has 2 saturated carbocycles. The molecule has 2 aliphatic carbocycles. The predicted octanol–water partition coefficient (Wildman–Crippen LogP) is 2.36. The molecule has 3 aliphatic rings. The van der Waals surface area contributed by atoms with Crippen LogP contribution in [0.1, 0.15) is 32.6 Å². The fourth-order valence-corrected chi connectivity index (χ4v) is 4.36. The Balaban J connectivity index is 1.60. The maximum Gasteiger partial charge on any atom is 0.238 e. The summed E-state index contributed by atoms with van der Waals surface area (Å²) in [6, 6.07) is 9.06. The molecule has 0 aromatic heterocycles. The van der Waals surface area contributed by atoms with E-state index in [0.717, 1.165) is 6.42 Å². The van der Waals surface area contributed by atoms with E-state index < -0.39 is 5.92 Å². The van der Waals surface area contributed by atoms with Crippen molar-refractivity contribution >= 4 is 23.4 Å². The Bertz CT molecular complexity index is 698. The summed E-state index contributed by atoms with van der Waals surface area (Å²) in [6.45, 7) is 2.72. The first-order valence-corrected chi connectivity index (χ1v) is 9.28. The van der Waals surface area contributed by atoms with Crippen LogP contribution in [-0.2, 0) is 14.4 Å². The van der Waals surface area contributed by atoms with Crippen LogP contribution in [0.25, 0.3) is 0 Å². The van der Waals surface area contributed by atoms with Crippen LogP contribution in [0, 0.1) is 29.6 Å². The number of hydrogen-bond donors (Lipinski definition) is 1. The zero-order valence-corrected chi connectivity index (χ0v) is 14.5. The highest BCUT2D eigenvalue weighted by Crippen LogP contribution is 2.46. The van der Waals surface area contributed by atoms with Gasteiger partial charge in [-0.2, -0.15) is 0 Å². The summed E-state index contributed by atoms with van der Waals surface area (Å²) in [5, 5.41) is 3.01. The molecule has 0 unspecified atom stereocenters. The normalized spacial score (nSPS) is 31.8. The number of carbonyl (C=O) groups excluding carboxylic acids is 3. The lowest BCUT2D eigenvalue weighted by atomic mass is 9.68. The van der Waals surface area contributed by atoms with Crippen LogP contribution in [0.5, 0.6) is 0 Å². The van der Waals surface area contributed by atoms with Crippen LogP contribution < -0.4 is 10.2 Å². The van der Waals surface area contributed by atoms with Gasteiger partial charge in [0.15, 0.2) is 0 Å². The average Bonchev–Trinajstić information content (AvgIpc) is 3.40. The molecule has 5 heteroatoms. The monoisotopic (exact) mass is 340 g/mol. The van der Waals surface area contributed by atoms with Crippen LogP contribution in [-0.4, -0.2) is 24.3 Å². The molecule has 0 radical (unpaired) electrons. The minimum Gasteiger partial charge on any atom is -0.356 e. The molecule has 1 aromatic rings. The average molecular weight is 340 g/mol. The predicted molar refractivity (Wildman–Crippen MR) is 93.5 cm³/mol. The van der Waals surface area contributed by atoms with E-state index in [1.807, 2.05) is 25.1 Å². The van der Waals surface area contributed by atoms with Crippen molar-refractivity contribution in [2.24, 2.45) is 29.6 Å². The van der Waals surface area contributed by atoms with Gasteiger partial charge in [0, 0.05) is 6.54 Å². The first kappa shape index (κ1) is 16.3. The fourth-order valence-electron chi connectivity index (χ4n) is 4.36. The Morgan fingerprint density at radius 3 is 2.40 bits per heavy atom. The van der Waals surface area contributed by atoms with Gasteiger partial charge in [0.1, 0.15) is 0 Å². The van der Waals surface area contributed by atoms with Crippen molar-refractivity contribution in [1.82, 2.24) is 5.32 Å². The van der Waals surface area contributed by atoms with Crippen molar-refractivity contribution in [2.75, 3.05) is 11.4 Å². The van der Waals surface area contributed by atoms with Crippen molar-refractivity contribution in [1.29, 1.82) is 0 Å². The van der Waals surface area contributed by atoms with Crippen LogP contribution in [0.15, 0.2) is 30.3 Å². The molecule has 5 nitrogen and oxygen atoms in total. The molecule has 1 N–H and O–H groups in total. The first-order valence-electron chi connectivity index (χ1n) is 9.28. The summed E-state index contributed by atoms with van der Waals surface area (Å²) in [6.07, 6.45) is 3.84. The van der Waals surface area contributed by atoms with Gasteiger partial charge >= 0.3 is 0 Å². The molecule has 1 heterocycles. The molecule has 1 aromatic carbocycles. The Kier molecular flexibility index (Phi) is 4.10. The number of anilines is 1. The Morgan fingerprint density at radius 2 is 1.72 bits per heavy atom. The van der Waals surface area contributed by atoms with Gasteiger partial charge in [0.25, 0.3) is 0 Å². The van der Waals surface area contributed by atoms with Crippen LogP contribution in [0.3, 0.4) is 0 Å². The maximum absolute atomic E-state index is 13.1. The molecule has 1 aliphatic heterocycles. The molecular formula is C20H24N2O3. The van der Waals surface area contributed by atoms with E-state index in [1.54, 1.807) is 12.1 Å². The molecule has 0 bridgehead atoms. The van der Waals surface area contributed by atoms with Crippen molar-refractivity contribution in [3.63, 3.8) is 0 Å². The molecule has 4 atom stereocenters. The van der Waals surface area contributed by atoms with Gasteiger partial charge in [-0.3, -0.25) is 19.3 Å². The molecule has 132 valence electrons. The topological polar surface area (TPSA) is 66.5 Å². The Morgan fingerprint density at radius 1 is 1.04 bits per heavy atom. The lowest BCUT2D eigenvalue weighted by molar-refractivity contribution is -0.136. The lowest BCUT2D eigenvalue weighted by Crippen LogP contribution is -2.44. The number of nitrogens with one attached hydrogen (secondary N) is 1. The van der Waals surface area contributed by atoms with E-state index in [2.05, 4.69) is 5.32 Å². The molecule has 25 heavy (non-hydrogen) atoms. The number of carbonyl (C=O) groups is 3. The van der Waals surface area contributed by atoms with Gasteiger partial charge in [0.05, 0.1) is 23.4 Å². The van der Waals surface area contributed by atoms with Gasteiger partial charge in [-0.1, -0.05) is 25.1 Å².